The molecule has 0 saturated heterocycles. The zero-order valence-electron chi connectivity index (χ0n) is 23.3. The summed E-state index contributed by atoms with van der Waals surface area (Å²) < 4.78 is 65.5. The average Bonchev–Trinajstić information content (AvgIpc) is 2.87. The van der Waals surface area contributed by atoms with Crippen LogP contribution in [0.5, 0.6) is 11.5 Å². The van der Waals surface area contributed by atoms with Crippen molar-refractivity contribution in [1.82, 2.24) is 14.9 Å². The van der Waals surface area contributed by atoms with Crippen LogP contribution in [0.3, 0.4) is 0 Å². The fourth-order valence-corrected chi connectivity index (χ4v) is 4.26. The van der Waals surface area contributed by atoms with Gasteiger partial charge in [-0.2, -0.15) is 13.2 Å². The highest BCUT2D eigenvalue weighted by Crippen LogP contribution is 2.36. The number of hydrogen-bond acceptors (Lipinski definition) is 7. The Morgan fingerprint density at radius 1 is 1.17 bits per heavy atom. The van der Waals surface area contributed by atoms with E-state index in [-0.39, 0.29) is 28.2 Å². The minimum atomic E-state index is -4.45. The lowest BCUT2D eigenvalue weighted by Crippen LogP contribution is -2.32. The van der Waals surface area contributed by atoms with Crippen LogP contribution in [0.4, 0.5) is 24.7 Å². The Morgan fingerprint density at radius 3 is 2.46 bits per heavy atom. The SMILES string of the molecule is C/C=C\c1ncnc(Nc2ccc(Oc3cccc(C(F)(F)F)c3)c(Cl)c2)c1C.CCCN(C)C(=O)CS(C)(=O)=O. The summed E-state index contributed by atoms with van der Waals surface area (Å²) in [5, 5.41) is 3.40. The van der Waals surface area contributed by atoms with E-state index in [4.69, 9.17) is 16.3 Å². The van der Waals surface area contributed by atoms with Gasteiger partial charge in [0, 0.05) is 31.1 Å². The van der Waals surface area contributed by atoms with Crippen LogP contribution >= 0.6 is 11.6 Å². The van der Waals surface area contributed by atoms with E-state index in [1.54, 1.807) is 25.2 Å². The van der Waals surface area contributed by atoms with Gasteiger partial charge in [0.15, 0.2) is 9.84 Å². The first-order valence-corrected chi connectivity index (χ1v) is 14.9. The molecule has 3 rings (SSSR count). The summed E-state index contributed by atoms with van der Waals surface area (Å²) in [4.78, 5) is 21.0. The molecule has 0 atom stereocenters. The molecule has 0 aliphatic heterocycles. The molecule has 13 heteroatoms. The highest BCUT2D eigenvalue weighted by molar-refractivity contribution is 7.91. The van der Waals surface area contributed by atoms with Crippen molar-refractivity contribution in [2.24, 2.45) is 0 Å². The van der Waals surface area contributed by atoms with E-state index < -0.39 is 21.6 Å². The topological polar surface area (TPSA) is 101 Å². The van der Waals surface area contributed by atoms with Crippen molar-refractivity contribution < 1.29 is 31.1 Å². The molecule has 1 N–H and O–H groups in total. The lowest BCUT2D eigenvalue weighted by atomic mass is 10.2. The number of alkyl halides is 3. The Balaban J connectivity index is 0.000000415. The van der Waals surface area contributed by atoms with Crippen LogP contribution in [-0.2, 0) is 20.8 Å². The van der Waals surface area contributed by atoms with Crippen molar-refractivity contribution in [1.29, 1.82) is 0 Å². The average molecular weight is 613 g/mol. The van der Waals surface area contributed by atoms with Gasteiger partial charge >= 0.3 is 6.18 Å². The smallest absolute Gasteiger partial charge is 0.416 e. The number of carbonyl (C=O) groups excluding carboxylic acids is 1. The first kappa shape index (κ1) is 33.6. The van der Waals surface area contributed by atoms with E-state index >= 15 is 0 Å². The van der Waals surface area contributed by atoms with Crippen LogP contribution in [0, 0.1) is 6.92 Å². The minimum absolute atomic E-state index is 0.0464. The molecule has 41 heavy (non-hydrogen) atoms. The number of hydrogen-bond donors (Lipinski definition) is 1. The van der Waals surface area contributed by atoms with Gasteiger partial charge in [-0.05, 0) is 62.7 Å². The van der Waals surface area contributed by atoms with Gasteiger partial charge in [0.25, 0.3) is 0 Å². The van der Waals surface area contributed by atoms with Gasteiger partial charge in [-0.25, -0.2) is 18.4 Å². The molecular weight excluding hydrogens is 581 g/mol. The number of nitrogens with one attached hydrogen (secondary N) is 1. The van der Waals surface area contributed by atoms with Crippen LogP contribution < -0.4 is 10.1 Å². The van der Waals surface area contributed by atoms with E-state index in [2.05, 4.69) is 15.3 Å². The minimum Gasteiger partial charge on any atom is -0.456 e. The maximum Gasteiger partial charge on any atom is 0.416 e. The molecular formula is C28H32ClF3N4O4S. The molecule has 0 radical (unpaired) electrons. The van der Waals surface area contributed by atoms with Crippen molar-refractivity contribution in [3.63, 3.8) is 0 Å². The van der Waals surface area contributed by atoms with Gasteiger partial charge in [0.2, 0.25) is 5.91 Å². The third-order valence-electron chi connectivity index (χ3n) is 5.40. The van der Waals surface area contributed by atoms with Gasteiger partial charge in [0.1, 0.15) is 29.4 Å². The highest BCUT2D eigenvalue weighted by Gasteiger charge is 2.30. The third kappa shape index (κ3) is 11.0. The first-order chi connectivity index (χ1) is 19.1. The zero-order valence-corrected chi connectivity index (χ0v) is 24.9. The standard InChI is InChI=1S/C21H17ClF3N3O.C7H15NO3S/c1-3-5-18-13(2)20(27-12-26-18)28-15-8-9-19(17(22)11-15)29-16-7-4-6-14(10-16)21(23,24)25;1-4-5-8(2)7(9)6-12(3,10)11/h3-12H,1-2H3,(H,26,27,28);4-6H2,1-3H3/b5-3-;. The summed E-state index contributed by atoms with van der Waals surface area (Å²) in [6, 6.07) is 9.51. The third-order valence-corrected chi connectivity index (χ3v) is 6.47. The molecule has 8 nitrogen and oxygen atoms in total. The van der Waals surface area contributed by atoms with Crippen LogP contribution in [0.2, 0.25) is 5.02 Å². The summed E-state index contributed by atoms with van der Waals surface area (Å²) in [7, 11) is -1.57. The number of allylic oxidation sites excluding steroid dienone is 1. The predicted octanol–water partition coefficient (Wildman–Crippen LogP) is 6.93. The molecule has 0 bridgehead atoms. The monoisotopic (exact) mass is 612 g/mol. The van der Waals surface area contributed by atoms with Gasteiger partial charge in [-0.15, -0.1) is 0 Å². The molecule has 1 amide bonds. The van der Waals surface area contributed by atoms with Gasteiger partial charge in [-0.3, -0.25) is 4.79 Å². The molecule has 0 unspecified atom stereocenters. The summed E-state index contributed by atoms with van der Waals surface area (Å²) >= 11 is 6.26. The lowest BCUT2D eigenvalue weighted by Gasteiger charge is -2.14. The molecule has 1 aromatic heterocycles. The van der Waals surface area contributed by atoms with E-state index in [1.165, 1.54) is 23.4 Å². The fourth-order valence-electron chi connectivity index (χ4n) is 3.37. The molecule has 0 aliphatic carbocycles. The molecule has 0 aliphatic rings. The van der Waals surface area contributed by atoms with Crippen molar-refractivity contribution >= 4 is 44.9 Å². The number of anilines is 2. The number of nitrogens with zero attached hydrogens (tertiary/aromatic N) is 3. The molecule has 1 heterocycles. The Kier molecular flexibility index (Phi) is 12.1. The summed E-state index contributed by atoms with van der Waals surface area (Å²) in [6.45, 7) is 6.33. The Bertz CT molecular complexity index is 1480. The van der Waals surface area contributed by atoms with E-state index in [1.807, 2.05) is 32.9 Å². The number of halogens is 4. The van der Waals surface area contributed by atoms with E-state index in [9.17, 15) is 26.4 Å². The highest BCUT2D eigenvalue weighted by atomic mass is 35.5. The number of benzene rings is 2. The van der Waals surface area contributed by atoms with Crippen LogP contribution in [0.15, 0.2) is 54.9 Å². The van der Waals surface area contributed by atoms with Crippen LogP contribution in [-0.4, -0.2) is 54.8 Å². The van der Waals surface area contributed by atoms with Crippen molar-refractivity contribution in [2.75, 3.05) is 30.9 Å². The second kappa shape index (κ2) is 14.8. The number of sulfone groups is 1. The van der Waals surface area contributed by atoms with Gasteiger partial charge in [-0.1, -0.05) is 30.7 Å². The summed E-state index contributed by atoms with van der Waals surface area (Å²) in [6.07, 6.45) is 2.67. The Labute approximate surface area is 243 Å². The number of ether oxygens (including phenoxy) is 1. The number of rotatable bonds is 9. The zero-order chi connectivity index (χ0) is 30.8. The molecule has 0 saturated carbocycles. The second-order valence-corrected chi connectivity index (χ2v) is 11.6. The molecule has 3 aromatic rings. The van der Waals surface area contributed by atoms with E-state index in [0.29, 0.717) is 18.1 Å². The van der Waals surface area contributed by atoms with Gasteiger partial charge in [0.05, 0.1) is 16.3 Å². The van der Waals surface area contributed by atoms with Crippen LogP contribution in [0.1, 0.15) is 37.1 Å². The Morgan fingerprint density at radius 2 is 1.88 bits per heavy atom. The van der Waals surface area contributed by atoms with Crippen LogP contribution in [0.25, 0.3) is 6.08 Å². The fraction of sp³-hybridized carbons (Fsp3) is 0.321. The molecule has 0 fully saturated rings. The number of amides is 1. The Hall–Kier alpha value is -3.64. The lowest BCUT2D eigenvalue weighted by molar-refractivity contribution is -0.137. The van der Waals surface area contributed by atoms with Crippen molar-refractivity contribution in [3.05, 3.63) is 76.7 Å². The molecule has 222 valence electrons. The van der Waals surface area contributed by atoms with Crippen molar-refractivity contribution in [3.8, 4) is 11.5 Å². The van der Waals surface area contributed by atoms with Gasteiger partial charge < -0.3 is 15.0 Å². The first-order valence-electron chi connectivity index (χ1n) is 12.4. The summed E-state index contributed by atoms with van der Waals surface area (Å²) in [5.74, 6) is 0.189. The molecule has 2 aromatic carbocycles. The van der Waals surface area contributed by atoms with Crippen molar-refractivity contribution in [2.45, 2.75) is 33.4 Å². The maximum absolute atomic E-state index is 12.9. The number of aromatic nitrogens is 2. The number of carbonyl (C=O) groups is 1. The maximum atomic E-state index is 12.9. The summed E-state index contributed by atoms with van der Waals surface area (Å²) in [5.41, 5.74) is 1.52. The normalized spacial score (nSPS) is 11.5. The largest absolute Gasteiger partial charge is 0.456 e. The van der Waals surface area contributed by atoms with E-state index in [0.717, 1.165) is 36.1 Å². The second-order valence-electron chi connectivity index (χ2n) is 9.02. The quantitative estimate of drug-likeness (QED) is 0.280. The predicted molar refractivity (Wildman–Crippen MR) is 155 cm³/mol. The molecule has 0 spiro atoms.